The van der Waals surface area contributed by atoms with E-state index < -0.39 is 0 Å². The minimum absolute atomic E-state index is 0.339. The van der Waals surface area contributed by atoms with Crippen LogP contribution in [0.2, 0.25) is 5.02 Å². The van der Waals surface area contributed by atoms with E-state index in [0.29, 0.717) is 35.3 Å². The molecule has 4 aromatic rings. The summed E-state index contributed by atoms with van der Waals surface area (Å²) in [5.41, 5.74) is 3.24. The lowest BCUT2D eigenvalue weighted by molar-refractivity contribution is 0.267. The molecule has 0 bridgehead atoms. The van der Waals surface area contributed by atoms with Crippen LogP contribution in [0.25, 0.3) is 22.4 Å². The Kier molecular flexibility index (Phi) is 7.54. The van der Waals surface area contributed by atoms with Gasteiger partial charge in [0.25, 0.3) is 0 Å². The van der Waals surface area contributed by atoms with E-state index in [4.69, 9.17) is 21.1 Å². The number of rotatable bonds is 7. The van der Waals surface area contributed by atoms with Gasteiger partial charge in [-0.25, -0.2) is 0 Å². The van der Waals surface area contributed by atoms with Crippen LogP contribution < -0.4 is 9.47 Å². The Morgan fingerprint density at radius 1 is 0.970 bits per heavy atom. The normalized spacial score (nSPS) is 11.3. The van der Waals surface area contributed by atoms with Crippen molar-refractivity contribution in [3.05, 3.63) is 104 Å². The van der Waals surface area contributed by atoms with Crippen LogP contribution >= 0.6 is 34.2 Å². The first-order valence-electron chi connectivity index (χ1n) is 10.5. The van der Waals surface area contributed by atoms with Crippen LogP contribution in [-0.4, -0.2) is 6.61 Å². The van der Waals surface area contributed by atoms with Gasteiger partial charge in [-0.2, -0.15) is 5.26 Å². The quantitative estimate of drug-likeness (QED) is 0.129. The van der Waals surface area contributed by atoms with Crippen LogP contribution in [0.3, 0.4) is 0 Å². The Hall–Kier alpha value is -3.01. The lowest BCUT2D eigenvalue weighted by Gasteiger charge is -2.15. The molecule has 3 nitrogen and oxygen atoms in total. The van der Waals surface area contributed by atoms with Gasteiger partial charge in [-0.15, -0.1) is 0 Å². The molecule has 0 fully saturated rings. The van der Waals surface area contributed by atoms with Gasteiger partial charge in [-0.3, -0.25) is 0 Å². The van der Waals surface area contributed by atoms with Crippen molar-refractivity contribution in [3.63, 3.8) is 0 Å². The predicted molar refractivity (Wildman–Crippen MR) is 144 cm³/mol. The zero-order valence-electron chi connectivity index (χ0n) is 18.0. The number of hydrogen-bond donors (Lipinski definition) is 0. The Morgan fingerprint density at radius 3 is 2.48 bits per heavy atom. The lowest BCUT2D eigenvalue weighted by Crippen LogP contribution is -2.02. The van der Waals surface area contributed by atoms with Crippen LogP contribution in [0.1, 0.15) is 23.6 Å². The van der Waals surface area contributed by atoms with Gasteiger partial charge >= 0.3 is 0 Å². The highest BCUT2D eigenvalue weighted by Crippen LogP contribution is 2.36. The van der Waals surface area contributed by atoms with Crippen molar-refractivity contribution in [2.75, 3.05) is 6.61 Å². The molecular weight excluding hydrogens is 545 g/mol. The monoisotopic (exact) mass is 565 g/mol. The van der Waals surface area contributed by atoms with E-state index >= 15 is 0 Å². The standard InChI is InChI=1S/C28H21ClINO2/c1-2-32-27-15-19(14-26(30)28(27)33-18-23-9-5-6-10-25(23)29)13-24(17-31)22-12-11-20-7-3-4-8-21(20)16-22/h3-16H,2,18H2,1H3/b24-13-. The fourth-order valence-electron chi connectivity index (χ4n) is 3.54. The molecule has 0 saturated carbocycles. The molecule has 4 rings (SSSR count). The molecule has 0 atom stereocenters. The highest BCUT2D eigenvalue weighted by atomic mass is 127. The van der Waals surface area contributed by atoms with E-state index in [-0.39, 0.29) is 0 Å². The zero-order chi connectivity index (χ0) is 23.2. The summed E-state index contributed by atoms with van der Waals surface area (Å²) in [6, 6.07) is 28.0. The fraction of sp³-hybridized carbons (Fsp3) is 0.107. The molecule has 0 amide bonds. The van der Waals surface area contributed by atoms with Crippen molar-refractivity contribution < 1.29 is 9.47 Å². The molecule has 0 heterocycles. The fourth-order valence-corrected chi connectivity index (χ4v) is 4.51. The third kappa shape index (κ3) is 5.50. The minimum Gasteiger partial charge on any atom is -0.490 e. The molecule has 0 radical (unpaired) electrons. The predicted octanol–water partition coefficient (Wildman–Crippen LogP) is 8.14. The largest absolute Gasteiger partial charge is 0.490 e. The first kappa shape index (κ1) is 23.2. The topological polar surface area (TPSA) is 42.2 Å². The Labute approximate surface area is 212 Å². The van der Waals surface area contributed by atoms with Crippen LogP contribution in [0.4, 0.5) is 0 Å². The Morgan fingerprint density at radius 2 is 1.73 bits per heavy atom. The second-order valence-corrected chi connectivity index (χ2v) is 8.94. The summed E-state index contributed by atoms with van der Waals surface area (Å²) in [6.45, 7) is 2.77. The molecule has 0 N–H and O–H groups in total. The number of nitrogens with zero attached hydrogens (tertiary/aromatic N) is 1. The smallest absolute Gasteiger partial charge is 0.175 e. The number of hydrogen-bond acceptors (Lipinski definition) is 3. The van der Waals surface area contributed by atoms with Gasteiger partial charge in [0.05, 0.1) is 21.8 Å². The molecule has 4 aromatic carbocycles. The van der Waals surface area contributed by atoms with E-state index in [2.05, 4.69) is 40.8 Å². The molecule has 0 aliphatic rings. The van der Waals surface area contributed by atoms with Gasteiger partial charge in [0, 0.05) is 10.6 Å². The summed E-state index contributed by atoms with van der Waals surface area (Å²) in [5, 5.41) is 12.8. The molecular formula is C28H21ClINO2. The van der Waals surface area contributed by atoms with Crippen molar-refractivity contribution in [1.82, 2.24) is 0 Å². The number of fused-ring (bicyclic) bond motifs is 1. The average Bonchev–Trinajstić information content (AvgIpc) is 2.83. The first-order valence-corrected chi connectivity index (χ1v) is 12.0. The van der Waals surface area contributed by atoms with E-state index in [1.807, 2.05) is 79.7 Å². The van der Waals surface area contributed by atoms with E-state index in [0.717, 1.165) is 31.0 Å². The molecule has 0 unspecified atom stereocenters. The SMILES string of the molecule is CCOc1cc(/C=C(/C#N)c2ccc3ccccc3c2)cc(I)c1OCc1ccccc1Cl. The molecule has 0 aliphatic carbocycles. The number of nitriles is 1. The van der Waals surface area contributed by atoms with Gasteiger partial charge < -0.3 is 9.47 Å². The minimum atomic E-state index is 0.339. The lowest BCUT2D eigenvalue weighted by atomic mass is 10.00. The number of benzene rings is 4. The van der Waals surface area contributed by atoms with Crippen molar-refractivity contribution in [2.24, 2.45) is 0 Å². The third-order valence-electron chi connectivity index (χ3n) is 5.15. The summed E-state index contributed by atoms with van der Waals surface area (Å²) >= 11 is 8.51. The van der Waals surface area contributed by atoms with Crippen LogP contribution in [-0.2, 0) is 6.61 Å². The van der Waals surface area contributed by atoms with Gasteiger partial charge in [-0.1, -0.05) is 66.2 Å². The van der Waals surface area contributed by atoms with E-state index in [1.54, 1.807) is 0 Å². The number of halogens is 2. The summed E-state index contributed by atoms with van der Waals surface area (Å²) < 4.78 is 12.9. The number of ether oxygens (including phenoxy) is 2. The van der Waals surface area contributed by atoms with Crippen LogP contribution in [0, 0.1) is 14.9 Å². The summed E-state index contributed by atoms with van der Waals surface area (Å²) in [4.78, 5) is 0. The van der Waals surface area contributed by atoms with Gasteiger partial charge in [-0.05, 0) is 81.8 Å². The van der Waals surface area contributed by atoms with Crippen LogP contribution in [0.15, 0.2) is 78.9 Å². The molecule has 0 aliphatic heterocycles. The molecule has 0 aromatic heterocycles. The summed E-state index contributed by atoms with van der Waals surface area (Å²) in [6.07, 6.45) is 1.88. The maximum absolute atomic E-state index is 9.86. The highest BCUT2D eigenvalue weighted by Gasteiger charge is 2.14. The van der Waals surface area contributed by atoms with Crippen LogP contribution in [0.5, 0.6) is 11.5 Å². The highest BCUT2D eigenvalue weighted by molar-refractivity contribution is 14.1. The zero-order valence-corrected chi connectivity index (χ0v) is 20.9. The maximum Gasteiger partial charge on any atom is 0.175 e. The van der Waals surface area contributed by atoms with Crippen molar-refractivity contribution in [2.45, 2.75) is 13.5 Å². The summed E-state index contributed by atoms with van der Waals surface area (Å²) in [5.74, 6) is 1.30. The molecule has 33 heavy (non-hydrogen) atoms. The molecule has 0 spiro atoms. The van der Waals surface area contributed by atoms with E-state index in [9.17, 15) is 5.26 Å². The Balaban J connectivity index is 1.67. The maximum atomic E-state index is 9.86. The molecule has 0 saturated heterocycles. The van der Waals surface area contributed by atoms with Gasteiger partial charge in [0.15, 0.2) is 11.5 Å². The first-order chi connectivity index (χ1) is 16.1. The second kappa shape index (κ2) is 10.7. The molecule has 5 heteroatoms. The summed E-state index contributed by atoms with van der Waals surface area (Å²) in [7, 11) is 0. The van der Waals surface area contributed by atoms with E-state index in [1.165, 1.54) is 0 Å². The number of allylic oxidation sites excluding steroid dienone is 1. The third-order valence-corrected chi connectivity index (χ3v) is 6.32. The van der Waals surface area contributed by atoms with Crippen molar-refractivity contribution in [3.8, 4) is 17.6 Å². The Bertz CT molecular complexity index is 1370. The van der Waals surface area contributed by atoms with Crippen molar-refractivity contribution in [1.29, 1.82) is 5.26 Å². The van der Waals surface area contributed by atoms with Crippen molar-refractivity contribution >= 4 is 56.6 Å². The van der Waals surface area contributed by atoms with Gasteiger partial charge in [0.1, 0.15) is 6.61 Å². The average molecular weight is 566 g/mol. The molecule has 164 valence electrons. The second-order valence-electron chi connectivity index (χ2n) is 7.37. The van der Waals surface area contributed by atoms with Gasteiger partial charge in [0.2, 0.25) is 0 Å².